The molecule has 1 aliphatic rings. The number of hydrogen-bond donors (Lipinski definition) is 1. The molecule has 1 saturated heterocycles. The number of hydrogen-bond acceptors (Lipinski definition) is 4. The molecule has 1 aromatic heterocycles. The fraction of sp³-hybridized carbons (Fsp3) is 0.692. The zero-order valence-electron chi connectivity index (χ0n) is 11.0. The molecule has 1 aromatic rings. The zero-order valence-corrected chi connectivity index (χ0v) is 13.4. The van der Waals surface area contributed by atoms with Gasteiger partial charge >= 0.3 is 0 Å². The van der Waals surface area contributed by atoms with Gasteiger partial charge < -0.3 is 10.5 Å². The molecule has 0 aliphatic carbocycles. The van der Waals surface area contributed by atoms with Crippen molar-refractivity contribution in [3.63, 3.8) is 0 Å². The number of methoxy groups -OCH3 is 1. The summed E-state index contributed by atoms with van der Waals surface area (Å²) in [6.45, 7) is 4.95. The summed E-state index contributed by atoms with van der Waals surface area (Å²) in [6, 6.07) is 2.68. The smallest absolute Gasteiger partial charge is 0.0599 e. The summed E-state index contributed by atoms with van der Waals surface area (Å²) in [6.07, 6.45) is 2.54. The van der Waals surface area contributed by atoms with Crippen molar-refractivity contribution in [1.82, 2.24) is 4.90 Å². The second-order valence-corrected chi connectivity index (χ2v) is 7.05. The first-order valence-electron chi connectivity index (χ1n) is 6.35. The van der Waals surface area contributed by atoms with E-state index in [2.05, 4.69) is 33.8 Å². The third kappa shape index (κ3) is 3.33. The van der Waals surface area contributed by atoms with Gasteiger partial charge in [0.25, 0.3) is 0 Å². The number of nitrogens with zero attached hydrogens (tertiary/aromatic N) is 1. The van der Waals surface area contributed by atoms with Gasteiger partial charge in [0.05, 0.1) is 6.10 Å². The Labute approximate surface area is 121 Å². The Morgan fingerprint density at radius 2 is 2.39 bits per heavy atom. The zero-order chi connectivity index (χ0) is 13.1. The molecule has 0 aromatic carbocycles. The van der Waals surface area contributed by atoms with Crippen molar-refractivity contribution in [1.29, 1.82) is 0 Å². The number of likely N-dealkylation sites (tertiary alicyclic amines) is 1. The number of nitrogens with two attached hydrogens (primary N) is 1. The Kier molecular flexibility index (Phi) is 5.21. The topological polar surface area (TPSA) is 38.5 Å². The summed E-state index contributed by atoms with van der Waals surface area (Å²) in [7, 11) is 1.80. The Hall–Kier alpha value is 0.0600. The van der Waals surface area contributed by atoms with Crippen molar-refractivity contribution in [2.45, 2.75) is 38.5 Å². The van der Waals surface area contributed by atoms with Crippen molar-refractivity contribution in [3.8, 4) is 0 Å². The van der Waals surface area contributed by atoms with Gasteiger partial charge in [0.15, 0.2) is 0 Å². The van der Waals surface area contributed by atoms with E-state index in [1.807, 2.05) is 11.3 Å². The highest BCUT2D eigenvalue weighted by molar-refractivity contribution is 9.10. The Morgan fingerprint density at radius 1 is 1.61 bits per heavy atom. The highest BCUT2D eigenvalue weighted by atomic mass is 79.9. The van der Waals surface area contributed by atoms with Gasteiger partial charge in [-0.3, -0.25) is 4.90 Å². The van der Waals surface area contributed by atoms with Gasteiger partial charge in [0, 0.05) is 47.0 Å². The fourth-order valence-electron chi connectivity index (χ4n) is 2.53. The van der Waals surface area contributed by atoms with Crippen LogP contribution < -0.4 is 5.73 Å². The van der Waals surface area contributed by atoms with Crippen LogP contribution in [0.5, 0.6) is 0 Å². The summed E-state index contributed by atoms with van der Waals surface area (Å²) in [4.78, 5) is 5.25. The summed E-state index contributed by atoms with van der Waals surface area (Å²) >= 11 is 5.45. The molecule has 2 heterocycles. The average molecular weight is 333 g/mol. The quantitative estimate of drug-likeness (QED) is 0.921. The molecule has 2 unspecified atom stereocenters. The lowest BCUT2D eigenvalue weighted by Crippen LogP contribution is -2.47. The summed E-state index contributed by atoms with van der Waals surface area (Å²) < 4.78 is 6.68. The molecule has 1 fully saturated rings. The lowest BCUT2D eigenvalue weighted by molar-refractivity contribution is 0.0106. The van der Waals surface area contributed by atoms with Gasteiger partial charge in [-0.2, -0.15) is 0 Å². The van der Waals surface area contributed by atoms with Crippen molar-refractivity contribution >= 4 is 27.3 Å². The molecule has 2 rings (SSSR count). The number of halogens is 1. The third-order valence-corrected chi connectivity index (χ3v) is 5.78. The van der Waals surface area contributed by atoms with Crippen molar-refractivity contribution in [3.05, 3.63) is 20.3 Å². The van der Waals surface area contributed by atoms with E-state index in [9.17, 15) is 0 Å². The van der Waals surface area contributed by atoms with Crippen molar-refractivity contribution in [2.75, 3.05) is 20.2 Å². The molecule has 3 nitrogen and oxygen atoms in total. The van der Waals surface area contributed by atoms with E-state index in [1.54, 1.807) is 7.11 Å². The molecule has 0 saturated carbocycles. The highest BCUT2D eigenvalue weighted by Gasteiger charge is 2.27. The molecular weight excluding hydrogens is 312 g/mol. The largest absolute Gasteiger partial charge is 0.381 e. The van der Waals surface area contributed by atoms with Crippen molar-refractivity contribution < 1.29 is 4.74 Å². The second kappa shape index (κ2) is 6.48. The molecule has 5 heteroatoms. The Balaban J connectivity index is 1.99. The molecular formula is C13H21BrN2OS. The van der Waals surface area contributed by atoms with Crippen LogP contribution >= 0.6 is 27.3 Å². The lowest BCUT2D eigenvalue weighted by atomic mass is 9.99. The van der Waals surface area contributed by atoms with Crippen LogP contribution in [-0.4, -0.2) is 37.2 Å². The predicted molar refractivity (Wildman–Crippen MR) is 80.0 cm³/mol. The van der Waals surface area contributed by atoms with Crippen LogP contribution in [0, 0.1) is 6.92 Å². The number of ether oxygens (including phenoxy) is 1. The van der Waals surface area contributed by atoms with Gasteiger partial charge in [-0.25, -0.2) is 0 Å². The van der Waals surface area contributed by atoms with E-state index in [0.29, 0.717) is 18.7 Å². The third-order valence-electron chi connectivity index (χ3n) is 3.66. The summed E-state index contributed by atoms with van der Waals surface area (Å²) in [5.74, 6) is 0. The maximum Gasteiger partial charge on any atom is 0.0599 e. The molecule has 1 aliphatic heterocycles. The first kappa shape index (κ1) is 14.5. The molecule has 0 amide bonds. The standard InChI is InChI=1S/C13H21BrN2OS/c1-9-13(14)6-12(18-9)8-16-4-3-11(17-2)5-10(16)7-15/h6,10-11H,3-5,7-8,15H2,1-2H3. The maximum absolute atomic E-state index is 5.90. The summed E-state index contributed by atoms with van der Waals surface area (Å²) in [5.41, 5.74) is 5.90. The highest BCUT2D eigenvalue weighted by Crippen LogP contribution is 2.29. The van der Waals surface area contributed by atoms with Crippen LogP contribution in [0.15, 0.2) is 10.5 Å². The number of aryl methyl sites for hydroxylation is 1. The van der Waals surface area contributed by atoms with E-state index in [4.69, 9.17) is 10.5 Å². The molecule has 102 valence electrons. The van der Waals surface area contributed by atoms with Gasteiger partial charge in [0.1, 0.15) is 0 Å². The SMILES string of the molecule is COC1CCN(Cc2cc(Br)c(C)s2)C(CN)C1. The monoisotopic (exact) mass is 332 g/mol. The van der Waals surface area contributed by atoms with Crippen LogP contribution in [0.3, 0.4) is 0 Å². The predicted octanol–water partition coefficient (Wildman–Crippen LogP) is 2.76. The minimum Gasteiger partial charge on any atom is -0.381 e. The molecule has 0 radical (unpaired) electrons. The van der Waals surface area contributed by atoms with Crippen LogP contribution in [0.2, 0.25) is 0 Å². The van der Waals surface area contributed by atoms with Crippen LogP contribution in [0.4, 0.5) is 0 Å². The first-order valence-corrected chi connectivity index (χ1v) is 7.96. The molecule has 18 heavy (non-hydrogen) atoms. The average Bonchev–Trinajstić information content (AvgIpc) is 2.69. The van der Waals surface area contributed by atoms with E-state index in [0.717, 1.165) is 25.9 Å². The molecule has 2 N–H and O–H groups in total. The van der Waals surface area contributed by atoms with Gasteiger partial charge in [0.2, 0.25) is 0 Å². The normalized spacial score (nSPS) is 25.6. The van der Waals surface area contributed by atoms with E-state index >= 15 is 0 Å². The molecule has 0 spiro atoms. The molecule has 0 bridgehead atoms. The summed E-state index contributed by atoms with van der Waals surface area (Å²) in [5, 5.41) is 0. The van der Waals surface area contributed by atoms with Crippen LogP contribution in [0.1, 0.15) is 22.6 Å². The van der Waals surface area contributed by atoms with E-state index < -0.39 is 0 Å². The first-order chi connectivity index (χ1) is 8.63. The Bertz CT molecular complexity index is 377. The Morgan fingerprint density at radius 3 is 2.94 bits per heavy atom. The number of rotatable bonds is 4. The van der Waals surface area contributed by atoms with Gasteiger partial charge in [-0.1, -0.05) is 0 Å². The van der Waals surface area contributed by atoms with Gasteiger partial charge in [-0.05, 0) is 41.8 Å². The number of thiophene rings is 1. The maximum atomic E-state index is 5.90. The minimum absolute atomic E-state index is 0.381. The van der Waals surface area contributed by atoms with E-state index in [-0.39, 0.29) is 0 Å². The lowest BCUT2D eigenvalue weighted by Gasteiger charge is -2.38. The van der Waals surface area contributed by atoms with Crippen molar-refractivity contribution in [2.24, 2.45) is 5.73 Å². The molecule has 2 atom stereocenters. The van der Waals surface area contributed by atoms with Crippen LogP contribution in [-0.2, 0) is 11.3 Å². The van der Waals surface area contributed by atoms with Crippen LogP contribution in [0.25, 0.3) is 0 Å². The number of piperidine rings is 1. The second-order valence-electron chi connectivity index (χ2n) is 4.86. The van der Waals surface area contributed by atoms with E-state index in [1.165, 1.54) is 14.2 Å². The minimum atomic E-state index is 0.381. The van der Waals surface area contributed by atoms with Gasteiger partial charge in [-0.15, -0.1) is 11.3 Å². The fourth-order valence-corrected chi connectivity index (χ4v) is 4.15.